The molecule has 0 aromatic heterocycles. The van der Waals surface area contributed by atoms with Gasteiger partial charge in [0.15, 0.2) is 0 Å². The molecule has 1 fully saturated rings. The molecule has 90 valence electrons. The second kappa shape index (κ2) is 7.27. The molecular formula is C14H28O. The molecular weight excluding hydrogens is 184 g/mol. The van der Waals surface area contributed by atoms with E-state index in [4.69, 9.17) is 0 Å². The standard InChI is InChI=1S/C14H28O/c1-3-4-5-6-7-12(2)13-8-10-14(15)11-9-13/h12-15H,3-11H2,1-2H3. The van der Waals surface area contributed by atoms with Gasteiger partial charge in [-0.15, -0.1) is 0 Å². The predicted octanol–water partition coefficient (Wildman–Crippen LogP) is 4.14. The largest absolute Gasteiger partial charge is 0.393 e. The number of hydrogen-bond acceptors (Lipinski definition) is 1. The molecule has 0 aromatic rings. The Labute approximate surface area is 95.3 Å². The highest BCUT2D eigenvalue weighted by Crippen LogP contribution is 2.32. The van der Waals surface area contributed by atoms with E-state index in [2.05, 4.69) is 13.8 Å². The van der Waals surface area contributed by atoms with E-state index in [9.17, 15) is 5.11 Å². The fourth-order valence-corrected chi connectivity index (χ4v) is 2.80. The molecule has 1 rings (SSSR count). The van der Waals surface area contributed by atoms with E-state index in [1.165, 1.54) is 44.9 Å². The zero-order valence-corrected chi connectivity index (χ0v) is 10.5. The Bertz CT molecular complexity index is 147. The molecule has 0 heterocycles. The van der Waals surface area contributed by atoms with Crippen molar-refractivity contribution in [2.75, 3.05) is 0 Å². The molecule has 0 amide bonds. The summed E-state index contributed by atoms with van der Waals surface area (Å²) in [4.78, 5) is 0. The third-order valence-electron chi connectivity index (χ3n) is 4.06. The van der Waals surface area contributed by atoms with Gasteiger partial charge in [-0.3, -0.25) is 0 Å². The van der Waals surface area contributed by atoms with Gasteiger partial charge in [0.1, 0.15) is 0 Å². The summed E-state index contributed by atoms with van der Waals surface area (Å²) in [5.41, 5.74) is 0. The molecule has 1 unspecified atom stereocenters. The Balaban J connectivity index is 2.08. The van der Waals surface area contributed by atoms with Crippen LogP contribution in [-0.2, 0) is 0 Å². The Morgan fingerprint density at radius 2 is 1.73 bits per heavy atom. The van der Waals surface area contributed by atoms with Crippen LogP contribution in [0, 0.1) is 11.8 Å². The minimum Gasteiger partial charge on any atom is -0.393 e. The summed E-state index contributed by atoms with van der Waals surface area (Å²) in [7, 11) is 0. The number of aliphatic hydroxyl groups excluding tert-OH is 1. The van der Waals surface area contributed by atoms with E-state index in [-0.39, 0.29) is 6.10 Å². The van der Waals surface area contributed by atoms with Crippen molar-refractivity contribution in [1.29, 1.82) is 0 Å². The summed E-state index contributed by atoms with van der Waals surface area (Å²) >= 11 is 0. The highest BCUT2D eigenvalue weighted by Gasteiger charge is 2.23. The van der Waals surface area contributed by atoms with Gasteiger partial charge in [-0.2, -0.15) is 0 Å². The smallest absolute Gasteiger partial charge is 0.0540 e. The Morgan fingerprint density at radius 3 is 2.33 bits per heavy atom. The van der Waals surface area contributed by atoms with Crippen LogP contribution in [0.5, 0.6) is 0 Å². The predicted molar refractivity (Wildman–Crippen MR) is 65.9 cm³/mol. The Kier molecular flexibility index (Phi) is 6.31. The van der Waals surface area contributed by atoms with Crippen LogP contribution < -0.4 is 0 Å². The fraction of sp³-hybridized carbons (Fsp3) is 1.00. The molecule has 1 N–H and O–H groups in total. The van der Waals surface area contributed by atoms with Gasteiger partial charge in [-0.25, -0.2) is 0 Å². The summed E-state index contributed by atoms with van der Waals surface area (Å²) in [6.07, 6.45) is 11.6. The van der Waals surface area contributed by atoms with Crippen LogP contribution in [0.3, 0.4) is 0 Å². The van der Waals surface area contributed by atoms with E-state index in [1.807, 2.05) is 0 Å². The maximum absolute atomic E-state index is 9.45. The summed E-state index contributed by atoms with van der Waals surface area (Å²) in [6, 6.07) is 0. The van der Waals surface area contributed by atoms with Gasteiger partial charge in [0, 0.05) is 0 Å². The lowest BCUT2D eigenvalue weighted by molar-refractivity contribution is 0.0917. The summed E-state index contributed by atoms with van der Waals surface area (Å²) in [6.45, 7) is 4.68. The van der Waals surface area contributed by atoms with Crippen molar-refractivity contribution in [3.05, 3.63) is 0 Å². The van der Waals surface area contributed by atoms with Crippen LogP contribution in [0.1, 0.15) is 71.6 Å². The van der Waals surface area contributed by atoms with Crippen molar-refractivity contribution < 1.29 is 5.11 Å². The van der Waals surface area contributed by atoms with Crippen molar-refractivity contribution in [2.45, 2.75) is 77.7 Å². The van der Waals surface area contributed by atoms with Crippen molar-refractivity contribution in [3.8, 4) is 0 Å². The first-order valence-electron chi connectivity index (χ1n) is 6.92. The number of hydrogen-bond donors (Lipinski definition) is 1. The molecule has 1 aliphatic rings. The van der Waals surface area contributed by atoms with Crippen LogP contribution in [-0.4, -0.2) is 11.2 Å². The number of aliphatic hydroxyl groups is 1. The minimum absolute atomic E-state index is 0.00791. The topological polar surface area (TPSA) is 20.2 Å². The number of rotatable bonds is 6. The normalized spacial score (nSPS) is 29.0. The summed E-state index contributed by atoms with van der Waals surface area (Å²) in [5, 5.41) is 9.45. The molecule has 1 nitrogen and oxygen atoms in total. The van der Waals surface area contributed by atoms with Gasteiger partial charge in [0.25, 0.3) is 0 Å². The molecule has 0 saturated heterocycles. The van der Waals surface area contributed by atoms with Crippen molar-refractivity contribution in [1.82, 2.24) is 0 Å². The summed E-state index contributed by atoms with van der Waals surface area (Å²) < 4.78 is 0. The van der Waals surface area contributed by atoms with Gasteiger partial charge >= 0.3 is 0 Å². The Morgan fingerprint density at radius 1 is 1.07 bits per heavy atom. The molecule has 0 radical (unpaired) electrons. The highest BCUT2D eigenvalue weighted by atomic mass is 16.3. The van der Waals surface area contributed by atoms with E-state index < -0.39 is 0 Å². The first kappa shape index (κ1) is 13.0. The maximum atomic E-state index is 9.45. The molecule has 0 aromatic carbocycles. The maximum Gasteiger partial charge on any atom is 0.0540 e. The highest BCUT2D eigenvalue weighted by molar-refractivity contribution is 4.75. The third kappa shape index (κ3) is 5.01. The molecule has 1 saturated carbocycles. The lowest BCUT2D eigenvalue weighted by Gasteiger charge is -2.30. The minimum atomic E-state index is 0.00791. The quantitative estimate of drug-likeness (QED) is 0.656. The molecule has 0 bridgehead atoms. The van der Waals surface area contributed by atoms with Gasteiger partial charge < -0.3 is 5.11 Å². The van der Waals surface area contributed by atoms with Crippen molar-refractivity contribution in [3.63, 3.8) is 0 Å². The van der Waals surface area contributed by atoms with E-state index >= 15 is 0 Å². The molecule has 1 aliphatic carbocycles. The van der Waals surface area contributed by atoms with Crippen LogP contribution in [0.15, 0.2) is 0 Å². The third-order valence-corrected chi connectivity index (χ3v) is 4.06. The van der Waals surface area contributed by atoms with E-state index in [1.54, 1.807) is 0 Å². The summed E-state index contributed by atoms with van der Waals surface area (Å²) in [5.74, 6) is 1.78. The lowest BCUT2D eigenvalue weighted by Crippen LogP contribution is -2.22. The fourth-order valence-electron chi connectivity index (χ4n) is 2.80. The first-order chi connectivity index (χ1) is 7.24. The van der Waals surface area contributed by atoms with Crippen molar-refractivity contribution >= 4 is 0 Å². The van der Waals surface area contributed by atoms with Crippen LogP contribution in [0.4, 0.5) is 0 Å². The zero-order valence-electron chi connectivity index (χ0n) is 10.5. The van der Waals surface area contributed by atoms with Crippen LogP contribution >= 0.6 is 0 Å². The van der Waals surface area contributed by atoms with Crippen LogP contribution in [0.2, 0.25) is 0 Å². The number of unbranched alkanes of at least 4 members (excludes halogenated alkanes) is 3. The molecule has 15 heavy (non-hydrogen) atoms. The van der Waals surface area contributed by atoms with Gasteiger partial charge in [-0.05, 0) is 37.5 Å². The second-order valence-electron chi connectivity index (χ2n) is 5.40. The van der Waals surface area contributed by atoms with E-state index in [0.717, 1.165) is 24.7 Å². The molecule has 0 spiro atoms. The lowest BCUT2D eigenvalue weighted by atomic mass is 9.78. The average Bonchev–Trinajstić information content (AvgIpc) is 2.25. The molecule has 1 heteroatoms. The van der Waals surface area contributed by atoms with Gasteiger partial charge in [-0.1, -0.05) is 46.0 Å². The van der Waals surface area contributed by atoms with Crippen molar-refractivity contribution in [2.24, 2.45) is 11.8 Å². The second-order valence-corrected chi connectivity index (χ2v) is 5.40. The SMILES string of the molecule is CCCCCCC(C)C1CCC(O)CC1. The van der Waals surface area contributed by atoms with Crippen LogP contribution in [0.25, 0.3) is 0 Å². The first-order valence-corrected chi connectivity index (χ1v) is 6.92. The monoisotopic (exact) mass is 212 g/mol. The average molecular weight is 212 g/mol. The van der Waals surface area contributed by atoms with Gasteiger partial charge in [0.05, 0.1) is 6.10 Å². The molecule has 1 atom stereocenters. The van der Waals surface area contributed by atoms with E-state index in [0.29, 0.717) is 0 Å². The Hall–Kier alpha value is -0.0400. The zero-order chi connectivity index (χ0) is 11.1. The van der Waals surface area contributed by atoms with Gasteiger partial charge in [0.2, 0.25) is 0 Å². The molecule has 0 aliphatic heterocycles.